The second-order valence-electron chi connectivity index (χ2n) is 4.16. The van der Waals surface area contributed by atoms with Crippen LogP contribution in [0.1, 0.15) is 34.1 Å². The standard InChI is InChI=1S/C9H18O3/c1-5-6(8(11)12)7(10)9(2,3)4/h6-7,10H,5H2,1-4H3,(H,11,12). The highest BCUT2D eigenvalue weighted by molar-refractivity contribution is 5.70. The van der Waals surface area contributed by atoms with Gasteiger partial charge in [0.1, 0.15) is 0 Å². The van der Waals surface area contributed by atoms with E-state index in [2.05, 4.69) is 0 Å². The Balaban J connectivity index is 4.42. The van der Waals surface area contributed by atoms with Gasteiger partial charge >= 0.3 is 5.97 Å². The summed E-state index contributed by atoms with van der Waals surface area (Å²) < 4.78 is 0. The number of carboxylic acids is 1. The van der Waals surface area contributed by atoms with Crippen molar-refractivity contribution in [1.82, 2.24) is 0 Å². The molecule has 3 heteroatoms. The lowest BCUT2D eigenvalue weighted by Crippen LogP contribution is -2.37. The van der Waals surface area contributed by atoms with Gasteiger partial charge in [0.25, 0.3) is 0 Å². The molecule has 0 fully saturated rings. The molecular weight excluding hydrogens is 156 g/mol. The first-order valence-electron chi connectivity index (χ1n) is 4.21. The Kier molecular flexibility index (Phi) is 3.71. The Morgan fingerprint density at radius 3 is 1.92 bits per heavy atom. The fourth-order valence-corrected chi connectivity index (χ4v) is 1.14. The average Bonchev–Trinajstić information content (AvgIpc) is 1.86. The van der Waals surface area contributed by atoms with Gasteiger partial charge in [0, 0.05) is 0 Å². The summed E-state index contributed by atoms with van der Waals surface area (Å²) in [7, 11) is 0. The van der Waals surface area contributed by atoms with E-state index in [0.717, 1.165) is 0 Å². The summed E-state index contributed by atoms with van der Waals surface area (Å²) in [5.41, 5.74) is -0.362. The molecule has 0 amide bonds. The smallest absolute Gasteiger partial charge is 0.309 e. The van der Waals surface area contributed by atoms with Crippen molar-refractivity contribution in [3.05, 3.63) is 0 Å². The van der Waals surface area contributed by atoms with Gasteiger partial charge in [0.2, 0.25) is 0 Å². The van der Waals surface area contributed by atoms with Crippen molar-refractivity contribution in [3.63, 3.8) is 0 Å². The van der Waals surface area contributed by atoms with Crippen LogP contribution in [-0.4, -0.2) is 22.3 Å². The molecule has 0 aliphatic carbocycles. The van der Waals surface area contributed by atoms with E-state index in [1.54, 1.807) is 6.92 Å². The Morgan fingerprint density at radius 1 is 1.42 bits per heavy atom. The minimum atomic E-state index is -0.917. The minimum Gasteiger partial charge on any atom is -0.481 e. The molecule has 0 heterocycles. The summed E-state index contributed by atoms with van der Waals surface area (Å²) in [6, 6.07) is 0. The van der Waals surface area contributed by atoms with Gasteiger partial charge in [0.05, 0.1) is 12.0 Å². The highest BCUT2D eigenvalue weighted by Gasteiger charge is 2.33. The minimum absolute atomic E-state index is 0.362. The van der Waals surface area contributed by atoms with Crippen molar-refractivity contribution in [2.45, 2.75) is 40.2 Å². The van der Waals surface area contributed by atoms with E-state index in [4.69, 9.17) is 5.11 Å². The molecule has 2 atom stereocenters. The molecule has 0 saturated carbocycles. The summed E-state index contributed by atoms with van der Waals surface area (Å²) in [5, 5.41) is 18.4. The van der Waals surface area contributed by atoms with Gasteiger partial charge in [-0.1, -0.05) is 27.7 Å². The van der Waals surface area contributed by atoms with Crippen LogP contribution in [0.3, 0.4) is 0 Å². The number of carbonyl (C=O) groups is 1. The number of carboxylic acid groups (broad SMARTS) is 1. The first-order valence-corrected chi connectivity index (χ1v) is 4.21. The second-order valence-corrected chi connectivity index (χ2v) is 4.16. The van der Waals surface area contributed by atoms with Gasteiger partial charge in [-0.3, -0.25) is 4.79 Å². The zero-order chi connectivity index (χ0) is 9.94. The molecule has 2 unspecified atom stereocenters. The molecule has 2 N–H and O–H groups in total. The van der Waals surface area contributed by atoms with E-state index >= 15 is 0 Å². The van der Waals surface area contributed by atoms with Gasteiger partial charge in [0.15, 0.2) is 0 Å². The lowest BCUT2D eigenvalue weighted by Gasteiger charge is -2.30. The van der Waals surface area contributed by atoms with Crippen molar-refractivity contribution in [2.24, 2.45) is 11.3 Å². The largest absolute Gasteiger partial charge is 0.481 e. The van der Waals surface area contributed by atoms with Crippen LogP contribution in [0.2, 0.25) is 0 Å². The second kappa shape index (κ2) is 3.90. The summed E-state index contributed by atoms with van der Waals surface area (Å²) in [4.78, 5) is 10.7. The van der Waals surface area contributed by atoms with Crippen LogP contribution in [0.4, 0.5) is 0 Å². The fourth-order valence-electron chi connectivity index (χ4n) is 1.14. The van der Waals surface area contributed by atoms with E-state index in [-0.39, 0.29) is 5.41 Å². The molecule has 3 nitrogen and oxygen atoms in total. The molecule has 0 radical (unpaired) electrons. The maximum absolute atomic E-state index is 10.7. The fraction of sp³-hybridized carbons (Fsp3) is 0.889. The van der Waals surface area contributed by atoms with Crippen LogP contribution in [0.15, 0.2) is 0 Å². The Morgan fingerprint density at radius 2 is 1.83 bits per heavy atom. The molecule has 0 saturated heterocycles. The van der Waals surface area contributed by atoms with Crippen molar-refractivity contribution in [2.75, 3.05) is 0 Å². The van der Waals surface area contributed by atoms with Crippen LogP contribution in [0.5, 0.6) is 0 Å². The highest BCUT2D eigenvalue weighted by atomic mass is 16.4. The van der Waals surface area contributed by atoms with Crippen LogP contribution in [0.25, 0.3) is 0 Å². The number of aliphatic hydroxyl groups is 1. The molecule has 0 aromatic rings. The van der Waals surface area contributed by atoms with Crippen LogP contribution in [0, 0.1) is 11.3 Å². The Hall–Kier alpha value is -0.570. The quantitative estimate of drug-likeness (QED) is 0.681. The van der Waals surface area contributed by atoms with Crippen molar-refractivity contribution < 1.29 is 15.0 Å². The number of aliphatic carboxylic acids is 1. The van der Waals surface area contributed by atoms with Gasteiger partial charge in [-0.2, -0.15) is 0 Å². The normalized spacial score (nSPS) is 17.1. The first kappa shape index (κ1) is 11.4. The SMILES string of the molecule is CCC(C(=O)O)C(O)C(C)(C)C. The lowest BCUT2D eigenvalue weighted by atomic mass is 9.80. The van der Waals surface area contributed by atoms with Gasteiger partial charge in [-0.25, -0.2) is 0 Å². The van der Waals surface area contributed by atoms with E-state index in [1.807, 2.05) is 20.8 Å². The number of rotatable bonds is 3. The zero-order valence-corrected chi connectivity index (χ0v) is 8.16. The van der Waals surface area contributed by atoms with E-state index in [0.29, 0.717) is 6.42 Å². The molecular formula is C9H18O3. The molecule has 0 aromatic heterocycles. The first-order chi connectivity index (χ1) is 5.30. The summed E-state index contributed by atoms with van der Waals surface area (Å²) in [6.07, 6.45) is -0.312. The summed E-state index contributed by atoms with van der Waals surface area (Å²) in [5.74, 6) is -1.56. The predicted octanol–water partition coefficient (Wildman–Crippen LogP) is 1.50. The third-order valence-corrected chi connectivity index (χ3v) is 2.03. The molecule has 0 aliphatic rings. The van der Waals surface area contributed by atoms with Crippen LogP contribution in [-0.2, 0) is 4.79 Å². The van der Waals surface area contributed by atoms with E-state index < -0.39 is 18.0 Å². The van der Waals surface area contributed by atoms with Crippen molar-refractivity contribution in [3.8, 4) is 0 Å². The molecule has 0 aromatic carbocycles. The number of hydrogen-bond donors (Lipinski definition) is 2. The van der Waals surface area contributed by atoms with E-state index in [9.17, 15) is 9.90 Å². The van der Waals surface area contributed by atoms with Gasteiger partial charge in [-0.05, 0) is 11.8 Å². The monoisotopic (exact) mass is 174 g/mol. The Bertz CT molecular complexity index is 158. The zero-order valence-electron chi connectivity index (χ0n) is 8.16. The maximum Gasteiger partial charge on any atom is 0.309 e. The Labute approximate surface area is 73.4 Å². The molecule has 0 spiro atoms. The third-order valence-electron chi connectivity index (χ3n) is 2.03. The van der Waals surface area contributed by atoms with Crippen LogP contribution < -0.4 is 0 Å². The number of hydrogen-bond acceptors (Lipinski definition) is 2. The van der Waals surface area contributed by atoms with E-state index in [1.165, 1.54) is 0 Å². The van der Waals surface area contributed by atoms with Gasteiger partial charge < -0.3 is 10.2 Å². The topological polar surface area (TPSA) is 57.5 Å². The predicted molar refractivity (Wildman–Crippen MR) is 46.9 cm³/mol. The molecule has 0 aliphatic heterocycles. The maximum atomic E-state index is 10.7. The van der Waals surface area contributed by atoms with Gasteiger partial charge in [-0.15, -0.1) is 0 Å². The summed E-state index contributed by atoms with van der Waals surface area (Å²) >= 11 is 0. The summed E-state index contributed by atoms with van der Waals surface area (Å²) in [6.45, 7) is 7.28. The van der Waals surface area contributed by atoms with Crippen LogP contribution >= 0.6 is 0 Å². The van der Waals surface area contributed by atoms with Crippen molar-refractivity contribution in [1.29, 1.82) is 0 Å². The molecule has 12 heavy (non-hydrogen) atoms. The average molecular weight is 174 g/mol. The number of aliphatic hydroxyl groups excluding tert-OH is 1. The molecule has 72 valence electrons. The third kappa shape index (κ3) is 2.81. The highest BCUT2D eigenvalue weighted by Crippen LogP contribution is 2.26. The van der Waals surface area contributed by atoms with Crippen molar-refractivity contribution >= 4 is 5.97 Å². The lowest BCUT2D eigenvalue weighted by molar-refractivity contribution is -0.149. The molecule has 0 bridgehead atoms. The molecule has 0 rings (SSSR count).